The van der Waals surface area contributed by atoms with Crippen LogP contribution in [0.25, 0.3) is 32.5 Å². The van der Waals surface area contributed by atoms with Gasteiger partial charge in [0.05, 0.1) is 52.4 Å². The number of thiazole rings is 1. The number of sulfone groups is 1. The zero-order valence-electron chi connectivity index (χ0n) is 44.0. The number of halogens is 2. The topological polar surface area (TPSA) is 251 Å². The van der Waals surface area contributed by atoms with Gasteiger partial charge in [0, 0.05) is 98.5 Å². The lowest BCUT2D eigenvalue weighted by Gasteiger charge is -2.29. The number of nitrogens with zero attached hydrogens (tertiary/aromatic N) is 8. The molecule has 4 aliphatic rings. The van der Waals surface area contributed by atoms with E-state index in [1.165, 1.54) is 26.9 Å². The number of nitrogens with one attached hydrogen (secondary N) is 3. The number of likely N-dealkylation sites (tertiary alicyclic amines) is 2. The summed E-state index contributed by atoms with van der Waals surface area (Å²) in [6.07, 6.45) is 5.05. The molecule has 5 aromatic heterocycles. The highest BCUT2D eigenvalue weighted by atomic mass is 32.2. The molecule has 5 atom stereocenters. The minimum atomic E-state index is -3.72. The third kappa shape index (κ3) is 10.1. The molecule has 0 unspecified atom stereocenters. The maximum absolute atomic E-state index is 15.7. The molecule has 0 spiro atoms. The van der Waals surface area contributed by atoms with Crippen LogP contribution in [0.5, 0.6) is 5.88 Å². The number of fused-ring (bicyclic) bond motifs is 2. The highest BCUT2D eigenvalue weighted by Gasteiger charge is 2.48. The van der Waals surface area contributed by atoms with Crippen molar-refractivity contribution >= 4 is 67.1 Å². The van der Waals surface area contributed by atoms with Gasteiger partial charge in [0.25, 0.3) is 23.3 Å². The maximum Gasteiger partial charge on any atom is 0.274 e. The van der Waals surface area contributed by atoms with E-state index in [9.17, 15) is 37.1 Å². The average molecular weight is 1120 g/mol. The van der Waals surface area contributed by atoms with Crippen molar-refractivity contribution in [2.75, 3.05) is 43.9 Å². The Labute approximate surface area is 456 Å². The summed E-state index contributed by atoms with van der Waals surface area (Å²) in [6, 6.07) is 11.9. The number of hydrogen-bond acceptors (Lipinski definition) is 16. The smallest absolute Gasteiger partial charge is 0.274 e. The van der Waals surface area contributed by atoms with Gasteiger partial charge in [-0.3, -0.25) is 24.1 Å². The number of anilines is 2. The summed E-state index contributed by atoms with van der Waals surface area (Å²) in [5, 5.41) is 21.6. The van der Waals surface area contributed by atoms with Gasteiger partial charge in [-0.05, 0) is 65.7 Å². The Bertz CT molecular complexity index is 3800. The van der Waals surface area contributed by atoms with Crippen molar-refractivity contribution < 1.29 is 45.9 Å². The van der Waals surface area contributed by atoms with Crippen molar-refractivity contribution in [2.24, 2.45) is 18.0 Å². The lowest BCUT2D eigenvalue weighted by Crippen LogP contribution is -2.48. The van der Waals surface area contributed by atoms with Crippen LogP contribution in [0, 0.1) is 24.5 Å². The zero-order valence-corrected chi connectivity index (χ0v) is 45.7. The Balaban J connectivity index is 0.760. The Morgan fingerprint density at radius 2 is 1.86 bits per heavy atom. The Hall–Kier alpha value is -7.67. The molecule has 2 fully saturated rings. The fraction of sp³-hybridized carbons (Fsp3) is 0.382. The van der Waals surface area contributed by atoms with Crippen molar-refractivity contribution in [2.45, 2.75) is 82.5 Å². The van der Waals surface area contributed by atoms with E-state index in [1.807, 2.05) is 45.0 Å². The van der Waals surface area contributed by atoms with Crippen LogP contribution in [-0.2, 0) is 44.3 Å². The SMILES string of the molecule is Cc1ncsc1-c1ccc([C@]2(C)N=C([C@H]3C[C@@H](O)CN3C(=O)[C@H](c3cc(OCCN4CC[C@H](NC(=O)c5cc6c(cc5CS(C)(=O)=O)-c5cn(C)c(=O)c7[nH]cc(c57)CN6c5ncc(F)cc5F)C4)no3)C(C)C)NC2=O)cc1. The van der Waals surface area contributed by atoms with E-state index in [-0.39, 0.29) is 89.6 Å². The number of benzene rings is 2. The number of ether oxygens (including phenoxy) is 1. The molecule has 20 nitrogen and oxygen atoms in total. The first-order valence-corrected chi connectivity index (χ1v) is 28.7. The molecule has 7 aromatic rings. The van der Waals surface area contributed by atoms with Crippen LogP contribution in [-0.4, -0.2) is 129 Å². The van der Waals surface area contributed by atoms with Crippen LogP contribution in [0.15, 0.2) is 86.9 Å². The Kier molecular flexibility index (Phi) is 13.9. The van der Waals surface area contributed by atoms with E-state index in [1.54, 1.807) is 48.9 Å². The van der Waals surface area contributed by atoms with Gasteiger partial charge < -0.3 is 44.4 Å². The number of aromatic nitrogens is 5. The van der Waals surface area contributed by atoms with Gasteiger partial charge in [0.15, 0.2) is 32.8 Å². The van der Waals surface area contributed by atoms with Crippen molar-refractivity contribution in [1.82, 2.24) is 45.1 Å². The molecule has 24 heteroatoms. The standard InChI is InChI=1S/C55H57F2N11O9S2/c1-28(2)45(52(71)68-24-36(69)17-42(68)49-62-54(73)55(4,63-49)33-9-7-30(8-10-33)48-29(3)60-27-78-48)43-19-44(64-77-43)76-14-13-66-12-11-35(23-66)61-51(70)37-18-41-38(15-31(37)26-79(6,74)75)39-25-65(5)53(72)47-46(39)32(20-58-47)22-67(41)50-40(57)16-34(56)21-59-50/h7-10,15-16,18-21,25,27-28,35-36,42,45,58,69H,11-14,17,22-24,26H2,1-6H3,(H,61,70)(H,62,63,73)/t35-,36+,42+,45-,55-/m0/s1. The number of amidine groups is 1. The van der Waals surface area contributed by atoms with Gasteiger partial charge in [-0.25, -0.2) is 32.2 Å². The maximum atomic E-state index is 15.7. The van der Waals surface area contributed by atoms with Gasteiger partial charge in [0.1, 0.15) is 29.7 Å². The molecular weight excluding hydrogens is 1060 g/mol. The van der Waals surface area contributed by atoms with Crippen LogP contribution < -0.4 is 25.8 Å². The van der Waals surface area contributed by atoms with Crippen LogP contribution in [0.1, 0.15) is 78.0 Å². The summed E-state index contributed by atoms with van der Waals surface area (Å²) in [7, 11) is -2.15. The summed E-state index contributed by atoms with van der Waals surface area (Å²) in [4.78, 5) is 78.4. The van der Waals surface area contributed by atoms with Crippen LogP contribution >= 0.6 is 11.3 Å². The second kappa shape index (κ2) is 20.5. The number of rotatable bonds is 15. The first-order valence-electron chi connectivity index (χ1n) is 25.8. The minimum absolute atomic E-state index is 0.0244. The monoisotopic (exact) mass is 1120 g/mol. The molecule has 11 rings (SSSR count). The van der Waals surface area contributed by atoms with Crippen LogP contribution in [0.4, 0.5) is 20.3 Å². The predicted octanol–water partition coefficient (Wildman–Crippen LogP) is 5.85. The fourth-order valence-electron chi connectivity index (χ4n) is 11.3. The number of aliphatic hydroxyl groups is 1. The zero-order chi connectivity index (χ0) is 55.8. The number of aryl methyl sites for hydroxylation is 2. The highest BCUT2D eigenvalue weighted by Crippen LogP contribution is 2.45. The quantitative estimate of drug-likeness (QED) is 0.0941. The van der Waals surface area contributed by atoms with Gasteiger partial charge in [0.2, 0.25) is 5.91 Å². The summed E-state index contributed by atoms with van der Waals surface area (Å²) in [5.74, 6) is -4.19. The Morgan fingerprint density at radius 3 is 2.58 bits per heavy atom. The summed E-state index contributed by atoms with van der Waals surface area (Å²) in [5.41, 5.74) is 5.11. The molecule has 79 heavy (non-hydrogen) atoms. The normalized spacial score (nSPS) is 20.7. The second-order valence-corrected chi connectivity index (χ2v) is 24.3. The number of aliphatic imine (C=N–C) groups is 1. The molecule has 0 aliphatic carbocycles. The number of aliphatic hydroxyl groups excluding tert-OH is 1. The Morgan fingerprint density at radius 1 is 1.08 bits per heavy atom. The van der Waals surface area contributed by atoms with E-state index in [2.05, 4.69) is 35.6 Å². The molecule has 412 valence electrons. The lowest BCUT2D eigenvalue weighted by atomic mass is 9.91. The molecule has 2 saturated heterocycles. The molecule has 0 saturated carbocycles. The molecule has 3 amide bonds. The number of carbonyl (C=O) groups is 3. The van der Waals surface area contributed by atoms with Gasteiger partial charge >= 0.3 is 0 Å². The van der Waals surface area contributed by atoms with E-state index in [4.69, 9.17) is 14.3 Å². The minimum Gasteiger partial charge on any atom is -0.474 e. The van der Waals surface area contributed by atoms with E-state index in [0.717, 1.165) is 28.6 Å². The van der Waals surface area contributed by atoms with Crippen LogP contribution in [0.3, 0.4) is 0 Å². The molecular formula is C55H57F2N11O9S2. The van der Waals surface area contributed by atoms with Crippen LogP contribution in [0.2, 0.25) is 0 Å². The van der Waals surface area contributed by atoms with Gasteiger partial charge in [-0.15, -0.1) is 11.3 Å². The summed E-state index contributed by atoms with van der Waals surface area (Å²) >= 11 is 1.54. The summed E-state index contributed by atoms with van der Waals surface area (Å²) < 4.78 is 69.0. The fourth-order valence-corrected chi connectivity index (χ4v) is 13.0. The van der Waals surface area contributed by atoms with Crippen molar-refractivity contribution in [3.8, 4) is 27.4 Å². The van der Waals surface area contributed by atoms with Crippen molar-refractivity contribution in [3.05, 3.63) is 128 Å². The molecule has 0 bridgehead atoms. The number of hydrogen-bond donors (Lipinski definition) is 4. The number of β-amino-alcohol motifs (C(OH)–C–C–N with tert-alkyl or cyclic N) is 1. The van der Waals surface area contributed by atoms with Crippen molar-refractivity contribution in [1.29, 1.82) is 0 Å². The second-order valence-electron chi connectivity index (χ2n) is 21.3. The molecule has 0 radical (unpaired) electrons. The van der Waals surface area contributed by atoms with Crippen molar-refractivity contribution in [3.63, 3.8) is 0 Å². The number of aromatic amines is 1. The largest absolute Gasteiger partial charge is 0.474 e. The van der Waals surface area contributed by atoms with E-state index >= 15 is 4.39 Å². The lowest BCUT2D eigenvalue weighted by molar-refractivity contribution is -0.134. The predicted molar refractivity (Wildman–Crippen MR) is 291 cm³/mol. The number of amides is 3. The molecule has 9 heterocycles. The molecule has 4 N–H and O–H groups in total. The molecule has 2 aromatic carbocycles. The third-order valence-corrected chi connectivity index (χ3v) is 17.1. The summed E-state index contributed by atoms with van der Waals surface area (Å²) in [6.45, 7) is 9.03. The highest BCUT2D eigenvalue weighted by molar-refractivity contribution is 7.89. The third-order valence-electron chi connectivity index (χ3n) is 15.3. The number of carbonyl (C=O) groups excluding carboxylic acids is 3. The molecule has 4 aliphatic heterocycles. The van der Waals surface area contributed by atoms with E-state index in [0.29, 0.717) is 71.3 Å². The van der Waals surface area contributed by atoms with Gasteiger partial charge in [-0.1, -0.05) is 38.1 Å². The van der Waals surface area contributed by atoms with E-state index < -0.39 is 56.7 Å². The first kappa shape index (κ1) is 53.3. The number of H-pyrrole nitrogens is 1. The van der Waals surface area contributed by atoms with Gasteiger partial charge in [-0.2, -0.15) is 0 Å². The first-order chi connectivity index (χ1) is 37.6. The number of pyridine rings is 2. The average Bonchev–Trinajstić information content (AvgIpc) is 4.32.